The number of hydrogen-bond donors (Lipinski definition) is 2. The summed E-state index contributed by atoms with van der Waals surface area (Å²) < 4.78 is 4.50. The predicted molar refractivity (Wildman–Crippen MR) is 60.4 cm³/mol. The lowest BCUT2D eigenvalue weighted by Crippen LogP contribution is -2.24. The van der Waals surface area contributed by atoms with Gasteiger partial charge in [-0.1, -0.05) is 25.7 Å². The zero-order valence-corrected chi connectivity index (χ0v) is 10.1. The molecule has 1 aliphatic rings. The van der Waals surface area contributed by atoms with E-state index < -0.39 is 11.2 Å². The van der Waals surface area contributed by atoms with E-state index in [1.54, 1.807) is 13.8 Å². The van der Waals surface area contributed by atoms with E-state index >= 15 is 0 Å². The molecule has 1 fully saturated rings. The molecule has 0 saturated carbocycles. The summed E-state index contributed by atoms with van der Waals surface area (Å²) in [7, 11) is 0. The molecule has 0 aliphatic carbocycles. The van der Waals surface area contributed by atoms with E-state index in [0.717, 1.165) is 13.2 Å². The molecule has 2 N–H and O–H groups in total. The largest absolute Gasteiger partial charge is 0.378 e. The third kappa shape index (κ3) is 9.74. The molecule has 15 heavy (non-hydrogen) atoms. The monoisotopic (exact) mass is 214 g/mol. The third-order valence-electron chi connectivity index (χ3n) is 2.18. The number of hydrogen-bond acceptors (Lipinski definition) is 3. The first kappa shape index (κ1) is 14.4. The van der Waals surface area contributed by atoms with Crippen LogP contribution in [0, 0.1) is 11.8 Å². The van der Waals surface area contributed by atoms with Crippen LogP contribution in [-0.2, 0) is 4.74 Å². The van der Waals surface area contributed by atoms with E-state index in [-0.39, 0.29) is 0 Å². The molecule has 2 atom stereocenters. The highest BCUT2D eigenvalue weighted by Crippen LogP contribution is 2.10. The summed E-state index contributed by atoms with van der Waals surface area (Å²) in [4.78, 5) is 0. The molecule has 3 heteroatoms. The average Bonchev–Trinajstić information content (AvgIpc) is 3.02. The summed E-state index contributed by atoms with van der Waals surface area (Å²) in [5.41, 5.74) is -1.95. The van der Waals surface area contributed by atoms with Crippen LogP contribution in [0.5, 0.6) is 0 Å². The van der Waals surface area contributed by atoms with Crippen LogP contribution < -0.4 is 0 Å². The Kier molecular flexibility index (Phi) is 5.89. The van der Waals surface area contributed by atoms with Crippen LogP contribution in [-0.4, -0.2) is 34.6 Å². The van der Waals surface area contributed by atoms with Gasteiger partial charge in [-0.15, -0.1) is 0 Å². The van der Waals surface area contributed by atoms with Gasteiger partial charge in [-0.25, -0.2) is 0 Å². The van der Waals surface area contributed by atoms with Gasteiger partial charge in [-0.05, 0) is 26.7 Å². The summed E-state index contributed by atoms with van der Waals surface area (Å²) in [6, 6.07) is 0. The molecule has 0 aromatic carbocycles. The van der Waals surface area contributed by atoms with Crippen molar-refractivity contribution in [2.45, 2.75) is 51.7 Å². The number of ether oxygens (including phenoxy) is 1. The van der Waals surface area contributed by atoms with E-state index in [4.69, 9.17) is 0 Å². The zero-order chi connectivity index (χ0) is 11.9. The minimum atomic E-state index is -0.973. The van der Waals surface area contributed by atoms with Crippen LogP contribution in [0.15, 0.2) is 0 Å². The SMILES string of the molecule is C1CO1.CCC(C)(O)C#CC(C)(O)CC. The predicted octanol–water partition coefficient (Wildman–Crippen LogP) is 1.33. The zero-order valence-electron chi connectivity index (χ0n) is 10.1. The van der Waals surface area contributed by atoms with Crippen molar-refractivity contribution in [1.29, 1.82) is 0 Å². The quantitative estimate of drug-likeness (QED) is 0.538. The Bertz CT molecular complexity index is 208. The van der Waals surface area contributed by atoms with E-state index in [9.17, 15) is 10.2 Å². The Hall–Kier alpha value is -0.560. The maximum atomic E-state index is 9.50. The van der Waals surface area contributed by atoms with Crippen molar-refractivity contribution >= 4 is 0 Å². The molecule has 0 aromatic heterocycles. The molecule has 1 heterocycles. The van der Waals surface area contributed by atoms with Gasteiger partial charge in [0.15, 0.2) is 0 Å². The van der Waals surface area contributed by atoms with Crippen LogP contribution in [0.4, 0.5) is 0 Å². The summed E-state index contributed by atoms with van der Waals surface area (Å²) >= 11 is 0. The van der Waals surface area contributed by atoms with Gasteiger partial charge < -0.3 is 14.9 Å². The highest BCUT2D eigenvalue weighted by atomic mass is 16.6. The summed E-state index contributed by atoms with van der Waals surface area (Å²) in [6.45, 7) is 9.00. The summed E-state index contributed by atoms with van der Waals surface area (Å²) in [6.07, 6.45) is 1.14. The van der Waals surface area contributed by atoms with Crippen molar-refractivity contribution in [3.05, 3.63) is 0 Å². The topological polar surface area (TPSA) is 53.0 Å². The van der Waals surface area contributed by atoms with Gasteiger partial charge in [-0.2, -0.15) is 0 Å². The first-order chi connectivity index (χ1) is 6.83. The van der Waals surface area contributed by atoms with Gasteiger partial charge in [0, 0.05) is 0 Å². The maximum absolute atomic E-state index is 9.50. The van der Waals surface area contributed by atoms with Gasteiger partial charge in [-0.3, -0.25) is 0 Å². The summed E-state index contributed by atoms with van der Waals surface area (Å²) in [5.74, 6) is 5.31. The fourth-order valence-corrected chi connectivity index (χ4v) is 0.446. The normalized spacial score (nSPS) is 20.9. The van der Waals surface area contributed by atoms with Crippen LogP contribution in [0.1, 0.15) is 40.5 Å². The molecule has 0 aromatic rings. The Morgan fingerprint density at radius 1 is 1.00 bits per heavy atom. The molecular formula is C12H22O3. The highest BCUT2D eigenvalue weighted by Gasteiger charge is 2.17. The molecule has 88 valence electrons. The highest BCUT2D eigenvalue weighted by molar-refractivity contribution is 5.18. The molecule has 3 nitrogen and oxygen atoms in total. The second-order valence-electron chi connectivity index (χ2n) is 4.12. The first-order valence-corrected chi connectivity index (χ1v) is 5.40. The Labute approximate surface area is 92.5 Å². The molecule has 1 aliphatic heterocycles. The lowest BCUT2D eigenvalue weighted by atomic mass is 10.00. The minimum Gasteiger partial charge on any atom is -0.378 e. The fraction of sp³-hybridized carbons (Fsp3) is 0.833. The van der Waals surface area contributed by atoms with Crippen molar-refractivity contribution in [3.8, 4) is 11.8 Å². The number of aliphatic hydroxyl groups is 2. The fourth-order valence-electron chi connectivity index (χ4n) is 0.446. The number of epoxide rings is 1. The molecule has 0 amide bonds. The van der Waals surface area contributed by atoms with E-state index in [2.05, 4.69) is 16.6 Å². The lowest BCUT2D eigenvalue weighted by Gasteiger charge is -2.16. The van der Waals surface area contributed by atoms with Crippen LogP contribution in [0.2, 0.25) is 0 Å². The van der Waals surface area contributed by atoms with Gasteiger partial charge in [0.2, 0.25) is 0 Å². The maximum Gasteiger partial charge on any atom is 0.122 e. The smallest absolute Gasteiger partial charge is 0.122 e. The van der Waals surface area contributed by atoms with Gasteiger partial charge in [0.25, 0.3) is 0 Å². The molecule has 1 rings (SSSR count). The van der Waals surface area contributed by atoms with Crippen molar-refractivity contribution in [2.24, 2.45) is 0 Å². The van der Waals surface area contributed by atoms with Crippen molar-refractivity contribution in [3.63, 3.8) is 0 Å². The van der Waals surface area contributed by atoms with Crippen molar-refractivity contribution in [1.82, 2.24) is 0 Å². The van der Waals surface area contributed by atoms with E-state index in [0.29, 0.717) is 12.8 Å². The molecule has 1 saturated heterocycles. The van der Waals surface area contributed by atoms with Gasteiger partial charge in [0.05, 0.1) is 13.2 Å². The molecule has 0 bridgehead atoms. The van der Waals surface area contributed by atoms with Gasteiger partial charge in [0.1, 0.15) is 11.2 Å². The summed E-state index contributed by atoms with van der Waals surface area (Å²) in [5, 5.41) is 19.0. The van der Waals surface area contributed by atoms with Crippen LogP contribution in [0.3, 0.4) is 0 Å². The molecular weight excluding hydrogens is 192 g/mol. The Balaban J connectivity index is 0.000000548. The second kappa shape index (κ2) is 6.12. The minimum absolute atomic E-state index is 0.569. The van der Waals surface area contributed by atoms with Crippen molar-refractivity contribution in [2.75, 3.05) is 13.2 Å². The average molecular weight is 214 g/mol. The molecule has 2 unspecified atom stereocenters. The Morgan fingerprint density at radius 3 is 1.40 bits per heavy atom. The number of rotatable bonds is 2. The van der Waals surface area contributed by atoms with E-state index in [1.165, 1.54) is 0 Å². The van der Waals surface area contributed by atoms with Crippen molar-refractivity contribution < 1.29 is 14.9 Å². The van der Waals surface area contributed by atoms with Crippen LogP contribution >= 0.6 is 0 Å². The molecule has 0 spiro atoms. The second-order valence-corrected chi connectivity index (χ2v) is 4.12. The third-order valence-corrected chi connectivity index (χ3v) is 2.18. The van der Waals surface area contributed by atoms with Gasteiger partial charge >= 0.3 is 0 Å². The standard InChI is InChI=1S/C10H18O2.C2H4O/c1-5-9(3,11)7-8-10(4,12)6-2;1-2-3-1/h11-12H,5-6H2,1-4H3;1-2H2. The van der Waals surface area contributed by atoms with Crippen LogP contribution in [0.25, 0.3) is 0 Å². The molecule has 0 radical (unpaired) electrons. The first-order valence-electron chi connectivity index (χ1n) is 5.40. The van der Waals surface area contributed by atoms with E-state index in [1.807, 2.05) is 13.8 Å². The Morgan fingerprint density at radius 2 is 1.27 bits per heavy atom. The lowest BCUT2D eigenvalue weighted by molar-refractivity contribution is 0.106.